The zero-order chi connectivity index (χ0) is 16.9. The summed E-state index contributed by atoms with van der Waals surface area (Å²) >= 11 is 0. The molecule has 1 aromatic carbocycles. The Morgan fingerprint density at radius 2 is 1.83 bits per heavy atom. The molecule has 24 heavy (non-hydrogen) atoms. The van der Waals surface area contributed by atoms with E-state index in [0.717, 1.165) is 25.4 Å². The van der Waals surface area contributed by atoms with Gasteiger partial charge >= 0.3 is 5.97 Å². The van der Waals surface area contributed by atoms with Gasteiger partial charge < -0.3 is 9.64 Å². The van der Waals surface area contributed by atoms with E-state index in [1.807, 2.05) is 11.0 Å². The second-order valence-electron chi connectivity index (χ2n) is 6.70. The smallest absolute Gasteiger partial charge is 0.338 e. The lowest BCUT2D eigenvalue weighted by Gasteiger charge is -2.41. The number of rotatable bonds is 3. The predicted octanol–water partition coefficient (Wildman–Crippen LogP) is 2.75. The lowest BCUT2D eigenvalue weighted by molar-refractivity contribution is -0.137. The zero-order valence-corrected chi connectivity index (χ0v) is 13.7. The molecule has 1 saturated heterocycles. The van der Waals surface area contributed by atoms with Crippen molar-refractivity contribution in [3.63, 3.8) is 0 Å². The number of benzene rings is 1. The van der Waals surface area contributed by atoms with Gasteiger partial charge in [-0.1, -0.05) is 19.3 Å². The summed E-state index contributed by atoms with van der Waals surface area (Å²) in [5.74, 6) is 0.746. The van der Waals surface area contributed by atoms with E-state index in [2.05, 4.69) is 0 Å². The molecule has 1 aromatic rings. The van der Waals surface area contributed by atoms with Crippen molar-refractivity contribution in [1.82, 2.24) is 4.90 Å². The Hall–Kier alpha value is -2.35. The van der Waals surface area contributed by atoms with Crippen LogP contribution in [0.2, 0.25) is 0 Å². The van der Waals surface area contributed by atoms with Gasteiger partial charge in [-0.15, -0.1) is 0 Å². The summed E-state index contributed by atoms with van der Waals surface area (Å²) in [5, 5.41) is 8.75. The normalized spacial score (nSPS) is 23.0. The molecular formula is C19H22N2O3. The number of amides is 1. The molecule has 5 nitrogen and oxygen atoms in total. The van der Waals surface area contributed by atoms with E-state index >= 15 is 0 Å². The SMILES string of the molecule is N#Cc1ccc(C(=O)OCC(=O)N2CC[C@H]3CCCC[C@@H]3C2)cc1. The number of carbonyl (C=O) groups is 2. The van der Waals surface area contributed by atoms with Gasteiger partial charge in [-0.25, -0.2) is 4.79 Å². The molecule has 0 N–H and O–H groups in total. The van der Waals surface area contributed by atoms with Crippen LogP contribution in [0.1, 0.15) is 48.0 Å². The Kier molecular flexibility index (Phi) is 5.14. The van der Waals surface area contributed by atoms with Crippen molar-refractivity contribution >= 4 is 11.9 Å². The van der Waals surface area contributed by atoms with Crippen LogP contribution >= 0.6 is 0 Å². The number of nitriles is 1. The highest BCUT2D eigenvalue weighted by atomic mass is 16.5. The third kappa shape index (κ3) is 3.76. The average molecular weight is 326 g/mol. The first-order chi connectivity index (χ1) is 11.7. The second kappa shape index (κ2) is 7.48. The lowest BCUT2D eigenvalue weighted by atomic mass is 9.75. The molecule has 1 aliphatic carbocycles. The summed E-state index contributed by atoms with van der Waals surface area (Å²) in [7, 11) is 0. The van der Waals surface area contributed by atoms with Crippen LogP contribution in [0.15, 0.2) is 24.3 Å². The molecule has 0 radical (unpaired) electrons. The molecule has 1 heterocycles. The summed E-state index contributed by atoms with van der Waals surface area (Å²) in [6, 6.07) is 8.20. The number of carbonyl (C=O) groups excluding carboxylic acids is 2. The maximum atomic E-state index is 12.3. The molecule has 1 amide bonds. The van der Waals surface area contributed by atoms with Crippen LogP contribution in [-0.2, 0) is 9.53 Å². The average Bonchev–Trinajstić information content (AvgIpc) is 2.65. The molecule has 0 spiro atoms. The van der Waals surface area contributed by atoms with Crippen LogP contribution in [0.25, 0.3) is 0 Å². The van der Waals surface area contributed by atoms with Crippen LogP contribution in [-0.4, -0.2) is 36.5 Å². The molecule has 2 fully saturated rings. The molecule has 5 heteroatoms. The van der Waals surface area contributed by atoms with E-state index < -0.39 is 5.97 Å². The number of nitrogens with zero attached hydrogens (tertiary/aromatic N) is 2. The molecule has 126 valence electrons. The summed E-state index contributed by atoms with van der Waals surface area (Å²) in [6.07, 6.45) is 6.15. The number of hydrogen-bond donors (Lipinski definition) is 0. The molecular weight excluding hydrogens is 304 g/mol. The monoisotopic (exact) mass is 326 g/mol. The van der Waals surface area contributed by atoms with Gasteiger partial charge in [0, 0.05) is 13.1 Å². The van der Waals surface area contributed by atoms with Crippen LogP contribution in [0.4, 0.5) is 0 Å². The maximum absolute atomic E-state index is 12.3. The molecule has 0 unspecified atom stereocenters. The summed E-state index contributed by atoms with van der Waals surface area (Å²) in [4.78, 5) is 26.1. The fourth-order valence-corrected chi connectivity index (χ4v) is 3.81. The summed E-state index contributed by atoms with van der Waals surface area (Å²) < 4.78 is 5.14. The topological polar surface area (TPSA) is 70.4 Å². The van der Waals surface area contributed by atoms with E-state index in [1.165, 1.54) is 25.7 Å². The van der Waals surface area contributed by atoms with E-state index in [9.17, 15) is 9.59 Å². The van der Waals surface area contributed by atoms with Crippen molar-refractivity contribution < 1.29 is 14.3 Å². The Bertz CT molecular complexity index is 648. The number of piperidine rings is 1. The quantitative estimate of drug-likeness (QED) is 0.801. The van der Waals surface area contributed by atoms with Gasteiger partial charge in [0.05, 0.1) is 17.2 Å². The summed E-state index contributed by atoms with van der Waals surface area (Å²) in [5.41, 5.74) is 0.839. The first kappa shape index (κ1) is 16.5. The van der Waals surface area contributed by atoms with Crippen molar-refractivity contribution in [2.45, 2.75) is 32.1 Å². The zero-order valence-electron chi connectivity index (χ0n) is 13.7. The molecule has 3 rings (SSSR count). The van der Waals surface area contributed by atoms with Gasteiger partial charge in [-0.05, 0) is 48.9 Å². The Morgan fingerprint density at radius 1 is 1.12 bits per heavy atom. The van der Waals surface area contributed by atoms with Crippen molar-refractivity contribution in [2.75, 3.05) is 19.7 Å². The fourth-order valence-electron chi connectivity index (χ4n) is 3.81. The third-order valence-corrected chi connectivity index (χ3v) is 5.22. The minimum atomic E-state index is -0.527. The van der Waals surface area contributed by atoms with E-state index in [-0.39, 0.29) is 12.5 Å². The van der Waals surface area contributed by atoms with Crippen LogP contribution in [0.3, 0.4) is 0 Å². The second-order valence-corrected chi connectivity index (χ2v) is 6.70. The Balaban J connectivity index is 1.49. The van der Waals surface area contributed by atoms with Crippen molar-refractivity contribution in [3.05, 3.63) is 35.4 Å². The molecule has 1 aliphatic heterocycles. The maximum Gasteiger partial charge on any atom is 0.338 e. The highest BCUT2D eigenvalue weighted by molar-refractivity contribution is 5.91. The summed E-state index contributed by atoms with van der Waals surface area (Å²) in [6.45, 7) is 1.36. The standard InChI is InChI=1S/C19H22N2O3/c20-11-14-5-7-16(8-6-14)19(23)24-13-18(22)21-10-9-15-3-1-2-4-17(15)12-21/h5-8,15,17H,1-4,9-10,12-13H2/t15-,17-/m1/s1. The minimum Gasteiger partial charge on any atom is -0.452 e. The number of ether oxygens (including phenoxy) is 1. The number of likely N-dealkylation sites (tertiary alicyclic amines) is 1. The van der Waals surface area contributed by atoms with Crippen LogP contribution in [0, 0.1) is 23.2 Å². The molecule has 2 aliphatic rings. The van der Waals surface area contributed by atoms with Gasteiger partial charge in [0.15, 0.2) is 6.61 Å². The van der Waals surface area contributed by atoms with Gasteiger partial charge in [0.1, 0.15) is 0 Å². The highest BCUT2D eigenvalue weighted by Gasteiger charge is 2.33. The van der Waals surface area contributed by atoms with Gasteiger partial charge in [0.2, 0.25) is 0 Å². The predicted molar refractivity (Wildman–Crippen MR) is 88.1 cm³/mol. The third-order valence-electron chi connectivity index (χ3n) is 5.22. The first-order valence-corrected chi connectivity index (χ1v) is 8.62. The highest BCUT2D eigenvalue weighted by Crippen LogP contribution is 2.35. The van der Waals surface area contributed by atoms with Gasteiger partial charge in [0.25, 0.3) is 5.91 Å². The van der Waals surface area contributed by atoms with E-state index in [0.29, 0.717) is 17.0 Å². The fraction of sp³-hybridized carbons (Fsp3) is 0.526. The Morgan fingerprint density at radius 3 is 2.54 bits per heavy atom. The van der Waals surface area contributed by atoms with Crippen LogP contribution in [0.5, 0.6) is 0 Å². The van der Waals surface area contributed by atoms with Gasteiger partial charge in [-0.3, -0.25) is 4.79 Å². The number of esters is 1. The number of hydrogen-bond acceptors (Lipinski definition) is 4. The largest absolute Gasteiger partial charge is 0.452 e. The minimum absolute atomic E-state index is 0.110. The van der Waals surface area contributed by atoms with Crippen molar-refractivity contribution in [3.8, 4) is 6.07 Å². The molecule has 1 saturated carbocycles. The van der Waals surface area contributed by atoms with Crippen molar-refractivity contribution in [2.24, 2.45) is 11.8 Å². The molecule has 0 bridgehead atoms. The first-order valence-electron chi connectivity index (χ1n) is 8.62. The molecule has 2 atom stereocenters. The Labute approximate surface area is 142 Å². The van der Waals surface area contributed by atoms with Gasteiger partial charge in [-0.2, -0.15) is 5.26 Å². The lowest BCUT2D eigenvalue weighted by Crippen LogP contribution is -2.46. The number of fused-ring (bicyclic) bond motifs is 1. The van der Waals surface area contributed by atoms with E-state index in [1.54, 1.807) is 24.3 Å². The van der Waals surface area contributed by atoms with Crippen LogP contribution < -0.4 is 0 Å². The van der Waals surface area contributed by atoms with E-state index in [4.69, 9.17) is 10.00 Å². The molecule has 0 aromatic heterocycles. The van der Waals surface area contributed by atoms with Crippen molar-refractivity contribution in [1.29, 1.82) is 5.26 Å².